The number of carbonyl (C=O) groups is 1. The Morgan fingerprint density at radius 3 is 2.52 bits per heavy atom. The van der Waals surface area contributed by atoms with E-state index in [4.69, 9.17) is 5.11 Å². The Hall–Kier alpha value is -2.20. The van der Waals surface area contributed by atoms with Gasteiger partial charge in [0, 0.05) is 4.90 Å². The molecule has 1 atom stereocenters. The molecule has 0 aromatic heterocycles. The van der Waals surface area contributed by atoms with E-state index >= 15 is 0 Å². The monoisotopic (exact) mass is 298 g/mol. The Morgan fingerprint density at radius 2 is 1.76 bits per heavy atom. The average molecular weight is 298 g/mol. The van der Waals surface area contributed by atoms with Crippen molar-refractivity contribution in [1.29, 1.82) is 0 Å². The molecule has 2 aromatic rings. The van der Waals surface area contributed by atoms with Gasteiger partial charge in [0.15, 0.2) is 0 Å². The molecular formula is C17H14O3S. The van der Waals surface area contributed by atoms with Crippen molar-refractivity contribution in [3.63, 3.8) is 0 Å². The van der Waals surface area contributed by atoms with Gasteiger partial charge in [-0.3, -0.25) is 9.00 Å². The highest BCUT2D eigenvalue weighted by Gasteiger charge is 2.21. The molecule has 0 saturated heterocycles. The van der Waals surface area contributed by atoms with Gasteiger partial charge >= 0.3 is 5.97 Å². The summed E-state index contributed by atoms with van der Waals surface area (Å²) in [5, 5.41) is 8.96. The van der Waals surface area contributed by atoms with Crippen molar-refractivity contribution in [3.8, 4) is 0 Å². The first-order valence-corrected chi connectivity index (χ1v) is 7.96. The maximum Gasteiger partial charge on any atom is 0.307 e. The minimum Gasteiger partial charge on any atom is -0.481 e. The third-order valence-electron chi connectivity index (χ3n) is 3.50. The zero-order valence-electron chi connectivity index (χ0n) is 11.3. The minimum atomic E-state index is -1.12. The second-order valence-corrected chi connectivity index (χ2v) is 6.28. The van der Waals surface area contributed by atoms with E-state index < -0.39 is 16.8 Å². The second kappa shape index (κ2) is 5.66. The van der Waals surface area contributed by atoms with Crippen LogP contribution >= 0.6 is 0 Å². The first-order valence-electron chi connectivity index (χ1n) is 6.65. The van der Waals surface area contributed by atoms with Crippen molar-refractivity contribution in [2.45, 2.75) is 17.1 Å². The Labute approximate surface area is 125 Å². The summed E-state index contributed by atoms with van der Waals surface area (Å²) >= 11 is 0. The van der Waals surface area contributed by atoms with Gasteiger partial charge in [0.1, 0.15) is 0 Å². The molecular weight excluding hydrogens is 284 g/mol. The molecule has 2 aromatic carbocycles. The van der Waals surface area contributed by atoms with E-state index in [2.05, 4.69) is 0 Å². The van der Waals surface area contributed by atoms with Crippen molar-refractivity contribution >= 4 is 22.3 Å². The number of benzene rings is 2. The third-order valence-corrected chi connectivity index (χ3v) is 4.92. The number of hydrogen-bond donors (Lipinski definition) is 1. The van der Waals surface area contributed by atoms with Crippen LogP contribution in [0.25, 0.3) is 5.57 Å². The molecule has 0 amide bonds. The molecule has 0 aliphatic carbocycles. The summed E-state index contributed by atoms with van der Waals surface area (Å²) in [5.74, 6) is -0.416. The summed E-state index contributed by atoms with van der Waals surface area (Å²) in [7, 11) is -1.12. The van der Waals surface area contributed by atoms with Crippen LogP contribution in [-0.2, 0) is 21.3 Å². The van der Waals surface area contributed by atoms with Gasteiger partial charge in [0.05, 0.1) is 23.0 Å². The van der Waals surface area contributed by atoms with Crippen LogP contribution in [0.5, 0.6) is 0 Å². The van der Waals surface area contributed by atoms with Gasteiger partial charge < -0.3 is 5.11 Å². The average Bonchev–Trinajstić information content (AvgIpc) is 2.60. The highest BCUT2D eigenvalue weighted by Crippen LogP contribution is 2.35. The molecule has 3 nitrogen and oxygen atoms in total. The van der Waals surface area contributed by atoms with E-state index in [-0.39, 0.29) is 6.42 Å². The Morgan fingerprint density at radius 1 is 1.10 bits per heavy atom. The van der Waals surface area contributed by atoms with Gasteiger partial charge in [0.25, 0.3) is 0 Å². The summed E-state index contributed by atoms with van der Waals surface area (Å²) in [6.07, 6.45) is 1.66. The topological polar surface area (TPSA) is 54.4 Å². The molecule has 0 spiro atoms. The van der Waals surface area contributed by atoms with Crippen LogP contribution in [-0.4, -0.2) is 15.3 Å². The molecule has 0 fully saturated rings. The molecule has 0 unspecified atom stereocenters. The molecule has 4 heteroatoms. The van der Waals surface area contributed by atoms with E-state index in [0.29, 0.717) is 5.75 Å². The number of carboxylic acid groups (broad SMARTS) is 1. The number of fused-ring (bicyclic) bond motifs is 2. The fourth-order valence-electron chi connectivity index (χ4n) is 2.57. The van der Waals surface area contributed by atoms with E-state index in [9.17, 15) is 9.00 Å². The standard InChI is InChI=1S/C17H14O3S/c18-17(19)10-9-14-13-6-2-1-5-12(13)11-21(20)16-8-4-3-7-15(14)16/h1-9H,10-11H2,(H,18,19)/b14-9-/t21-/m1/s1. The zero-order chi connectivity index (χ0) is 14.8. The molecule has 1 aliphatic heterocycles. The SMILES string of the molecule is O=C(O)C/C=C1/c2ccccc2C[S@@](=O)c2ccccc21. The van der Waals surface area contributed by atoms with Crippen molar-refractivity contribution < 1.29 is 14.1 Å². The van der Waals surface area contributed by atoms with E-state index in [0.717, 1.165) is 27.2 Å². The summed E-state index contributed by atoms with van der Waals surface area (Å²) in [6, 6.07) is 15.3. The Kier molecular flexibility index (Phi) is 3.71. The summed E-state index contributed by atoms with van der Waals surface area (Å²) in [4.78, 5) is 11.7. The van der Waals surface area contributed by atoms with Gasteiger partial charge in [-0.1, -0.05) is 48.5 Å². The van der Waals surface area contributed by atoms with Crippen LogP contribution in [0.1, 0.15) is 23.1 Å². The smallest absolute Gasteiger partial charge is 0.307 e. The lowest BCUT2D eigenvalue weighted by atomic mass is 9.93. The lowest BCUT2D eigenvalue weighted by Crippen LogP contribution is -1.96. The van der Waals surface area contributed by atoms with Crippen molar-refractivity contribution in [2.24, 2.45) is 0 Å². The van der Waals surface area contributed by atoms with Gasteiger partial charge in [-0.25, -0.2) is 0 Å². The highest BCUT2D eigenvalue weighted by molar-refractivity contribution is 7.84. The lowest BCUT2D eigenvalue weighted by molar-refractivity contribution is -0.135. The highest BCUT2D eigenvalue weighted by atomic mass is 32.2. The van der Waals surface area contributed by atoms with Crippen LogP contribution < -0.4 is 0 Å². The van der Waals surface area contributed by atoms with Crippen molar-refractivity contribution in [1.82, 2.24) is 0 Å². The fraction of sp³-hybridized carbons (Fsp3) is 0.118. The number of rotatable bonds is 2. The van der Waals surface area contributed by atoms with E-state index in [1.54, 1.807) is 6.08 Å². The minimum absolute atomic E-state index is 0.0510. The summed E-state index contributed by atoms with van der Waals surface area (Å²) in [6.45, 7) is 0. The lowest BCUT2D eigenvalue weighted by Gasteiger charge is -2.10. The largest absolute Gasteiger partial charge is 0.481 e. The normalized spacial score (nSPS) is 18.7. The number of aliphatic carboxylic acids is 1. The molecule has 1 N–H and O–H groups in total. The maximum absolute atomic E-state index is 12.5. The first kappa shape index (κ1) is 13.8. The van der Waals surface area contributed by atoms with Crippen LogP contribution in [0.2, 0.25) is 0 Å². The molecule has 0 saturated carbocycles. The Balaban J connectivity index is 2.26. The fourth-order valence-corrected chi connectivity index (χ4v) is 3.91. The third kappa shape index (κ3) is 2.67. The zero-order valence-corrected chi connectivity index (χ0v) is 12.1. The van der Waals surface area contributed by atoms with Gasteiger partial charge in [0.2, 0.25) is 0 Å². The van der Waals surface area contributed by atoms with E-state index in [1.807, 2.05) is 48.5 Å². The first-order chi connectivity index (χ1) is 10.2. The number of carboxylic acids is 1. The molecule has 106 valence electrons. The van der Waals surface area contributed by atoms with Crippen LogP contribution in [0, 0.1) is 0 Å². The van der Waals surface area contributed by atoms with Crippen LogP contribution in [0.15, 0.2) is 59.5 Å². The molecule has 0 bridgehead atoms. The molecule has 3 rings (SSSR count). The summed E-state index contributed by atoms with van der Waals surface area (Å²) < 4.78 is 12.5. The van der Waals surface area contributed by atoms with Gasteiger partial charge in [-0.2, -0.15) is 0 Å². The molecule has 1 heterocycles. The maximum atomic E-state index is 12.5. The van der Waals surface area contributed by atoms with Crippen LogP contribution in [0.4, 0.5) is 0 Å². The van der Waals surface area contributed by atoms with Gasteiger partial charge in [-0.15, -0.1) is 0 Å². The molecule has 1 aliphatic rings. The summed E-state index contributed by atoms with van der Waals surface area (Å²) in [5.41, 5.74) is 3.68. The van der Waals surface area contributed by atoms with Crippen LogP contribution in [0.3, 0.4) is 0 Å². The predicted molar refractivity (Wildman–Crippen MR) is 82.3 cm³/mol. The molecule has 0 radical (unpaired) electrons. The predicted octanol–water partition coefficient (Wildman–Crippen LogP) is 3.21. The number of hydrogen-bond acceptors (Lipinski definition) is 2. The van der Waals surface area contributed by atoms with Crippen molar-refractivity contribution in [3.05, 3.63) is 71.3 Å². The molecule has 21 heavy (non-hydrogen) atoms. The van der Waals surface area contributed by atoms with Crippen molar-refractivity contribution in [2.75, 3.05) is 0 Å². The quantitative estimate of drug-likeness (QED) is 0.926. The van der Waals surface area contributed by atoms with E-state index in [1.165, 1.54) is 0 Å². The van der Waals surface area contributed by atoms with Gasteiger partial charge in [-0.05, 0) is 28.3 Å². The second-order valence-electron chi connectivity index (χ2n) is 4.86. The Bertz CT molecular complexity index is 762.